The Kier molecular flexibility index (Phi) is 6.14. The van der Waals surface area contributed by atoms with E-state index in [2.05, 4.69) is 5.32 Å². The lowest BCUT2D eigenvalue weighted by Crippen LogP contribution is -2.26. The molecule has 2 N–H and O–H groups in total. The number of nitrogens with one attached hydrogen (secondary N) is 1. The lowest BCUT2D eigenvalue weighted by molar-refractivity contribution is -0.125. The minimum absolute atomic E-state index is 0.137. The molecule has 0 aliphatic rings. The molecule has 1 amide bonds. The smallest absolute Gasteiger partial charge is 0.339 e. The van der Waals surface area contributed by atoms with Gasteiger partial charge in [0.15, 0.2) is 0 Å². The summed E-state index contributed by atoms with van der Waals surface area (Å²) in [5.74, 6) is -1.65. The van der Waals surface area contributed by atoms with Gasteiger partial charge in [0.05, 0.1) is 12.2 Å². The molecule has 0 fully saturated rings. The van der Waals surface area contributed by atoms with Crippen molar-refractivity contribution >= 4 is 17.6 Å². The first kappa shape index (κ1) is 19.3. The molecule has 0 aromatic heterocycles. The van der Waals surface area contributed by atoms with E-state index in [0.29, 0.717) is 16.8 Å². The summed E-state index contributed by atoms with van der Waals surface area (Å²) in [5, 5.41) is 11.7. The number of rotatable bonds is 6. The van der Waals surface area contributed by atoms with E-state index >= 15 is 0 Å². The molecular formula is C22H18FNO4. The molecule has 0 saturated carbocycles. The molecule has 3 aromatic carbocycles. The minimum atomic E-state index is -1.18. The second kappa shape index (κ2) is 8.92. The van der Waals surface area contributed by atoms with Crippen molar-refractivity contribution in [3.05, 3.63) is 101 Å². The number of aliphatic hydroxyl groups is 1. The topological polar surface area (TPSA) is 75.6 Å². The number of halogens is 1. The van der Waals surface area contributed by atoms with Gasteiger partial charge in [-0.05, 0) is 42.0 Å². The minimum Gasteiger partial charge on any atom is -0.444 e. The standard InChI is InChI=1S/C22H18FNO4/c23-18-10-12-19(13-11-18)24-21(26)20(16-4-2-1-3-5-16)28-22(27)17-8-6-15(14-25)7-9-17/h1-13,20,25H,14H2,(H,24,26). The average molecular weight is 379 g/mol. The third kappa shape index (κ3) is 4.81. The van der Waals surface area contributed by atoms with Gasteiger partial charge in [-0.1, -0.05) is 42.5 Å². The van der Waals surface area contributed by atoms with Gasteiger partial charge < -0.3 is 15.2 Å². The quantitative estimate of drug-likeness (QED) is 0.638. The fraction of sp³-hybridized carbons (Fsp3) is 0.0909. The van der Waals surface area contributed by atoms with Crippen LogP contribution < -0.4 is 5.32 Å². The number of benzene rings is 3. The van der Waals surface area contributed by atoms with Crippen molar-refractivity contribution in [3.63, 3.8) is 0 Å². The van der Waals surface area contributed by atoms with E-state index in [9.17, 15) is 14.0 Å². The third-order valence-corrected chi connectivity index (χ3v) is 4.05. The molecule has 0 aliphatic heterocycles. The zero-order valence-corrected chi connectivity index (χ0v) is 14.8. The summed E-state index contributed by atoms with van der Waals surface area (Å²) in [5.41, 5.74) is 1.80. The van der Waals surface area contributed by atoms with Crippen molar-refractivity contribution in [3.8, 4) is 0 Å². The van der Waals surface area contributed by atoms with Crippen LogP contribution in [-0.2, 0) is 16.1 Å². The summed E-state index contributed by atoms with van der Waals surface area (Å²) in [6.07, 6.45) is -1.18. The summed E-state index contributed by atoms with van der Waals surface area (Å²) in [6, 6.07) is 20.1. The monoisotopic (exact) mass is 379 g/mol. The van der Waals surface area contributed by atoms with Gasteiger partial charge in [0.2, 0.25) is 6.10 Å². The van der Waals surface area contributed by atoms with Crippen LogP contribution in [-0.4, -0.2) is 17.0 Å². The number of hydrogen-bond acceptors (Lipinski definition) is 4. The summed E-state index contributed by atoms with van der Waals surface area (Å²) in [4.78, 5) is 25.3. The van der Waals surface area contributed by atoms with E-state index in [1.807, 2.05) is 0 Å². The second-order valence-corrected chi connectivity index (χ2v) is 6.05. The Labute approximate surface area is 161 Å². The van der Waals surface area contributed by atoms with Gasteiger partial charge in [-0.25, -0.2) is 9.18 Å². The maximum Gasteiger partial charge on any atom is 0.339 e. The van der Waals surface area contributed by atoms with Crippen LogP contribution in [0.15, 0.2) is 78.9 Å². The molecule has 6 heteroatoms. The van der Waals surface area contributed by atoms with Crippen LogP contribution >= 0.6 is 0 Å². The van der Waals surface area contributed by atoms with Gasteiger partial charge in [0.1, 0.15) is 5.82 Å². The Hall–Kier alpha value is -3.51. The fourth-order valence-corrected chi connectivity index (χ4v) is 2.56. The zero-order chi connectivity index (χ0) is 19.9. The molecule has 28 heavy (non-hydrogen) atoms. The van der Waals surface area contributed by atoms with E-state index in [1.165, 1.54) is 36.4 Å². The Morgan fingerprint density at radius 1 is 0.929 bits per heavy atom. The van der Waals surface area contributed by atoms with Crippen LogP contribution in [0.4, 0.5) is 10.1 Å². The molecule has 3 rings (SSSR count). The van der Waals surface area contributed by atoms with Gasteiger partial charge >= 0.3 is 5.97 Å². The van der Waals surface area contributed by atoms with Gasteiger partial charge in [-0.15, -0.1) is 0 Å². The van der Waals surface area contributed by atoms with Crippen molar-refractivity contribution in [2.24, 2.45) is 0 Å². The van der Waals surface area contributed by atoms with Crippen molar-refractivity contribution in [1.82, 2.24) is 0 Å². The highest BCUT2D eigenvalue weighted by Gasteiger charge is 2.25. The maximum absolute atomic E-state index is 13.1. The number of carbonyl (C=O) groups is 2. The van der Waals surface area contributed by atoms with E-state index in [-0.39, 0.29) is 12.2 Å². The summed E-state index contributed by atoms with van der Waals surface area (Å²) in [6.45, 7) is -0.137. The maximum atomic E-state index is 13.1. The largest absolute Gasteiger partial charge is 0.444 e. The SMILES string of the molecule is O=C(OC(C(=O)Nc1ccc(F)cc1)c1ccccc1)c1ccc(CO)cc1. The van der Waals surface area contributed by atoms with Crippen LogP contribution in [0.25, 0.3) is 0 Å². The predicted molar refractivity (Wildman–Crippen MR) is 102 cm³/mol. The number of hydrogen-bond donors (Lipinski definition) is 2. The first-order valence-electron chi connectivity index (χ1n) is 8.59. The molecule has 3 aromatic rings. The molecule has 0 bridgehead atoms. The number of amides is 1. The van der Waals surface area contributed by atoms with Crippen molar-refractivity contribution in [2.75, 3.05) is 5.32 Å². The van der Waals surface area contributed by atoms with E-state index in [4.69, 9.17) is 9.84 Å². The molecule has 0 radical (unpaired) electrons. The van der Waals surface area contributed by atoms with Gasteiger partial charge in [0, 0.05) is 11.3 Å². The molecule has 1 atom stereocenters. The van der Waals surface area contributed by atoms with Gasteiger partial charge in [-0.3, -0.25) is 4.79 Å². The van der Waals surface area contributed by atoms with Crippen LogP contribution in [0.3, 0.4) is 0 Å². The summed E-state index contributed by atoms with van der Waals surface area (Å²) in [7, 11) is 0. The molecule has 142 valence electrons. The zero-order valence-electron chi connectivity index (χ0n) is 14.8. The number of ether oxygens (including phenoxy) is 1. The summed E-state index contributed by atoms with van der Waals surface area (Å²) < 4.78 is 18.5. The first-order valence-corrected chi connectivity index (χ1v) is 8.59. The number of carbonyl (C=O) groups excluding carboxylic acids is 2. The highest BCUT2D eigenvalue weighted by atomic mass is 19.1. The molecule has 0 saturated heterocycles. The highest BCUT2D eigenvalue weighted by Crippen LogP contribution is 2.22. The van der Waals surface area contributed by atoms with Gasteiger partial charge in [0.25, 0.3) is 5.91 Å². The highest BCUT2D eigenvalue weighted by molar-refractivity contribution is 5.98. The molecule has 0 spiro atoms. The molecular weight excluding hydrogens is 361 g/mol. The molecule has 0 heterocycles. The van der Waals surface area contributed by atoms with Crippen molar-refractivity contribution < 1.29 is 23.8 Å². The lowest BCUT2D eigenvalue weighted by Gasteiger charge is -2.18. The predicted octanol–water partition coefficient (Wildman–Crippen LogP) is 3.85. The van der Waals surface area contributed by atoms with Gasteiger partial charge in [-0.2, -0.15) is 0 Å². The first-order chi connectivity index (χ1) is 13.6. The van der Waals surface area contributed by atoms with Crippen molar-refractivity contribution in [1.29, 1.82) is 0 Å². The van der Waals surface area contributed by atoms with Crippen LogP contribution in [0, 0.1) is 5.82 Å². The Morgan fingerprint density at radius 2 is 1.57 bits per heavy atom. The van der Waals surface area contributed by atoms with E-state index in [0.717, 1.165) is 0 Å². The van der Waals surface area contributed by atoms with Crippen LogP contribution in [0.5, 0.6) is 0 Å². The number of anilines is 1. The van der Waals surface area contributed by atoms with Crippen LogP contribution in [0.2, 0.25) is 0 Å². The molecule has 0 aliphatic carbocycles. The third-order valence-electron chi connectivity index (χ3n) is 4.05. The van der Waals surface area contributed by atoms with Crippen molar-refractivity contribution in [2.45, 2.75) is 12.7 Å². The lowest BCUT2D eigenvalue weighted by atomic mass is 10.1. The Morgan fingerprint density at radius 3 is 2.18 bits per heavy atom. The van der Waals surface area contributed by atoms with Crippen LogP contribution in [0.1, 0.15) is 27.6 Å². The fourth-order valence-electron chi connectivity index (χ4n) is 2.56. The van der Waals surface area contributed by atoms with E-state index < -0.39 is 23.8 Å². The average Bonchev–Trinajstić information content (AvgIpc) is 2.74. The molecule has 5 nitrogen and oxygen atoms in total. The van der Waals surface area contributed by atoms with E-state index in [1.54, 1.807) is 42.5 Å². The Balaban J connectivity index is 1.81. The summed E-state index contributed by atoms with van der Waals surface area (Å²) >= 11 is 0. The Bertz CT molecular complexity index is 941. The second-order valence-electron chi connectivity index (χ2n) is 6.05. The normalized spacial score (nSPS) is 11.5. The molecule has 1 unspecified atom stereocenters. The number of esters is 1. The number of aliphatic hydroxyl groups excluding tert-OH is 1.